The molecule has 1 unspecified atom stereocenters. The Morgan fingerprint density at radius 3 is 2.71 bits per heavy atom. The van der Waals surface area contributed by atoms with Crippen LogP contribution >= 0.6 is 0 Å². The number of nitrogens with zero attached hydrogens (tertiary/aromatic N) is 3. The van der Waals surface area contributed by atoms with E-state index in [1.54, 1.807) is 18.6 Å². The van der Waals surface area contributed by atoms with Crippen LogP contribution in [0.25, 0.3) is 0 Å². The Hall–Kier alpha value is -2.55. The smallest absolute Gasteiger partial charge is 0.308 e. The van der Waals surface area contributed by atoms with E-state index in [-0.39, 0.29) is 18.5 Å². The number of nitrogens with one attached hydrogen (secondary N) is 1. The molecule has 0 radical (unpaired) electrons. The maximum absolute atomic E-state index is 11.6. The van der Waals surface area contributed by atoms with Gasteiger partial charge in [0.25, 0.3) is 0 Å². The highest BCUT2D eigenvalue weighted by Gasteiger charge is 2.26. The molecule has 2 N–H and O–H groups in total. The average molecular weight is 429 g/mol. The number of β-amino-alcohol motifs (C(OH)–C–C–N with tert-alkyl or cyclic N) is 1. The molecule has 1 fully saturated rings. The predicted octanol–water partition coefficient (Wildman–Crippen LogP) is 1.43. The van der Waals surface area contributed by atoms with Crippen LogP contribution in [0.2, 0.25) is 0 Å². The molecule has 0 aliphatic carbocycles. The lowest BCUT2D eigenvalue weighted by atomic mass is 9.97. The molecular weight excluding hydrogens is 396 g/mol. The number of aliphatic hydroxyl groups excluding tert-OH is 1. The summed E-state index contributed by atoms with van der Waals surface area (Å²) in [7, 11) is 1.43. The molecule has 1 aromatic heterocycles. The molecule has 0 saturated carbocycles. The molecule has 3 rings (SSSR count). The Bertz CT molecular complexity index is 780. The van der Waals surface area contributed by atoms with E-state index in [0.717, 1.165) is 56.9 Å². The molecule has 31 heavy (non-hydrogen) atoms. The quantitative estimate of drug-likeness (QED) is 0.410. The van der Waals surface area contributed by atoms with Gasteiger partial charge in [-0.15, -0.1) is 0 Å². The zero-order valence-electron chi connectivity index (χ0n) is 18.1. The second-order valence-electron chi connectivity index (χ2n) is 7.83. The zero-order valence-corrected chi connectivity index (χ0v) is 18.1. The van der Waals surface area contributed by atoms with Crippen molar-refractivity contribution in [1.29, 1.82) is 0 Å². The normalized spacial score (nSPS) is 16.1. The van der Waals surface area contributed by atoms with Gasteiger partial charge in [-0.1, -0.05) is 12.1 Å². The first-order valence-corrected chi connectivity index (χ1v) is 10.8. The molecule has 1 aromatic carbocycles. The van der Waals surface area contributed by atoms with Gasteiger partial charge in [-0.2, -0.15) is 0 Å². The van der Waals surface area contributed by atoms with E-state index >= 15 is 0 Å². The molecule has 2 aromatic rings. The van der Waals surface area contributed by atoms with E-state index in [4.69, 9.17) is 9.47 Å². The van der Waals surface area contributed by atoms with Gasteiger partial charge in [-0.3, -0.25) is 14.8 Å². The van der Waals surface area contributed by atoms with E-state index in [1.165, 1.54) is 12.7 Å². The molecule has 8 heteroatoms. The third-order valence-electron chi connectivity index (χ3n) is 5.46. The first-order valence-electron chi connectivity index (χ1n) is 10.8. The Balaban J connectivity index is 1.30. The monoisotopic (exact) mass is 428 g/mol. The summed E-state index contributed by atoms with van der Waals surface area (Å²) in [6, 6.07) is 7.89. The summed E-state index contributed by atoms with van der Waals surface area (Å²) in [5, 5.41) is 13.7. The topological polar surface area (TPSA) is 96.8 Å². The number of aliphatic hydroxyl groups is 1. The van der Waals surface area contributed by atoms with Gasteiger partial charge in [0, 0.05) is 44.6 Å². The Morgan fingerprint density at radius 1 is 1.26 bits per heavy atom. The van der Waals surface area contributed by atoms with Crippen molar-refractivity contribution in [2.24, 2.45) is 5.92 Å². The molecule has 2 heterocycles. The fourth-order valence-electron chi connectivity index (χ4n) is 3.67. The highest BCUT2D eigenvalue weighted by atomic mass is 16.5. The number of carbonyl (C=O) groups is 1. The first-order chi connectivity index (χ1) is 15.1. The molecule has 8 nitrogen and oxygen atoms in total. The van der Waals surface area contributed by atoms with Crippen molar-refractivity contribution in [2.45, 2.75) is 31.9 Å². The summed E-state index contributed by atoms with van der Waals surface area (Å²) in [6.07, 6.45) is 6.98. The maximum Gasteiger partial charge on any atom is 0.308 e. The Morgan fingerprint density at radius 2 is 2.03 bits per heavy atom. The van der Waals surface area contributed by atoms with Crippen LogP contribution in [0.4, 0.5) is 0 Å². The summed E-state index contributed by atoms with van der Waals surface area (Å²) >= 11 is 0. The van der Waals surface area contributed by atoms with Gasteiger partial charge in [0.2, 0.25) is 0 Å². The van der Waals surface area contributed by atoms with Gasteiger partial charge in [-0.05, 0) is 43.6 Å². The number of benzene rings is 1. The van der Waals surface area contributed by atoms with Gasteiger partial charge in [-0.25, -0.2) is 0 Å². The molecule has 1 aliphatic heterocycles. The number of hydrogen-bond acceptors (Lipinski definition) is 8. The molecule has 1 atom stereocenters. The number of aromatic nitrogens is 2. The van der Waals surface area contributed by atoms with Crippen LogP contribution in [-0.2, 0) is 22.5 Å². The average Bonchev–Trinajstić information content (AvgIpc) is 2.82. The van der Waals surface area contributed by atoms with Crippen molar-refractivity contribution in [3.8, 4) is 5.75 Å². The minimum Gasteiger partial charge on any atom is -0.491 e. The van der Waals surface area contributed by atoms with Crippen molar-refractivity contribution in [1.82, 2.24) is 20.2 Å². The fourth-order valence-corrected chi connectivity index (χ4v) is 3.67. The minimum absolute atomic E-state index is 0.0188. The maximum atomic E-state index is 11.6. The van der Waals surface area contributed by atoms with E-state index in [9.17, 15) is 9.90 Å². The van der Waals surface area contributed by atoms with Gasteiger partial charge in [0.05, 0.1) is 18.7 Å². The second kappa shape index (κ2) is 12.3. The number of methoxy groups -OCH3 is 1. The summed E-state index contributed by atoms with van der Waals surface area (Å²) in [5.74, 6) is 0.592. The largest absolute Gasteiger partial charge is 0.491 e. The van der Waals surface area contributed by atoms with Crippen molar-refractivity contribution < 1.29 is 19.4 Å². The van der Waals surface area contributed by atoms with Gasteiger partial charge in [0.15, 0.2) is 0 Å². The second-order valence-corrected chi connectivity index (χ2v) is 7.83. The molecule has 0 spiro atoms. The lowest BCUT2D eigenvalue weighted by molar-refractivity contribution is -0.147. The van der Waals surface area contributed by atoms with E-state index in [1.807, 2.05) is 24.3 Å². The molecule has 0 bridgehead atoms. The predicted molar refractivity (Wildman–Crippen MR) is 117 cm³/mol. The van der Waals surface area contributed by atoms with Crippen molar-refractivity contribution in [2.75, 3.05) is 39.9 Å². The lowest BCUT2D eigenvalue weighted by Crippen LogP contribution is -2.42. The first kappa shape index (κ1) is 23.1. The number of rotatable bonds is 11. The highest BCUT2D eigenvalue weighted by molar-refractivity contribution is 5.72. The summed E-state index contributed by atoms with van der Waals surface area (Å²) in [4.78, 5) is 22.1. The fraction of sp³-hybridized carbons (Fsp3) is 0.522. The van der Waals surface area contributed by atoms with E-state index < -0.39 is 6.10 Å². The minimum atomic E-state index is -0.572. The highest BCUT2D eigenvalue weighted by Crippen LogP contribution is 2.19. The molecule has 168 valence electrons. The SMILES string of the molecule is COC(=O)C1CCN(CC(O)COc2ccc(CNCCc3cnccn3)cc2)CC1. The van der Waals surface area contributed by atoms with Crippen LogP contribution in [0.3, 0.4) is 0 Å². The summed E-state index contributed by atoms with van der Waals surface area (Å²) in [6.45, 7) is 3.96. The van der Waals surface area contributed by atoms with Crippen molar-refractivity contribution in [3.05, 3.63) is 54.1 Å². The van der Waals surface area contributed by atoms with Crippen molar-refractivity contribution in [3.63, 3.8) is 0 Å². The zero-order chi connectivity index (χ0) is 21.9. The van der Waals surface area contributed by atoms with E-state index in [2.05, 4.69) is 20.2 Å². The lowest BCUT2D eigenvalue weighted by Gasteiger charge is -2.31. The van der Waals surface area contributed by atoms with Crippen LogP contribution in [0.15, 0.2) is 42.9 Å². The number of piperidine rings is 1. The Labute approximate surface area is 183 Å². The molecule has 0 amide bonds. The third-order valence-corrected chi connectivity index (χ3v) is 5.46. The Kier molecular flexibility index (Phi) is 9.20. The van der Waals surface area contributed by atoms with Crippen LogP contribution in [0.1, 0.15) is 24.1 Å². The van der Waals surface area contributed by atoms with Gasteiger partial charge < -0.3 is 24.8 Å². The summed E-state index contributed by atoms with van der Waals surface area (Å²) < 4.78 is 10.6. The van der Waals surface area contributed by atoms with Crippen LogP contribution < -0.4 is 10.1 Å². The number of ether oxygens (including phenoxy) is 2. The standard InChI is InChI=1S/C23H32N4O4/c1-30-23(29)19-7-12-27(13-8-19)16-21(28)17-31-22-4-2-18(3-5-22)14-24-9-6-20-15-25-10-11-26-20/h2-5,10-11,15,19,21,24,28H,6-9,12-14,16-17H2,1H3. The number of hydrogen-bond donors (Lipinski definition) is 2. The summed E-state index contributed by atoms with van der Waals surface area (Å²) in [5.41, 5.74) is 2.14. The molecular formula is C23H32N4O4. The van der Waals surface area contributed by atoms with Gasteiger partial charge in [0.1, 0.15) is 18.5 Å². The van der Waals surface area contributed by atoms with E-state index in [0.29, 0.717) is 6.54 Å². The van der Waals surface area contributed by atoms with Crippen molar-refractivity contribution >= 4 is 5.97 Å². The van der Waals surface area contributed by atoms with Crippen LogP contribution in [0, 0.1) is 5.92 Å². The third kappa shape index (κ3) is 7.90. The van der Waals surface area contributed by atoms with Gasteiger partial charge >= 0.3 is 5.97 Å². The van der Waals surface area contributed by atoms with Crippen LogP contribution in [-0.4, -0.2) is 71.9 Å². The number of esters is 1. The molecule has 1 saturated heterocycles. The number of likely N-dealkylation sites (tertiary alicyclic amines) is 1. The molecule has 1 aliphatic rings. The number of carbonyl (C=O) groups excluding carboxylic acids is 1. The van der Waals surface area contributed by atoms with Crippen LogP contribution in [0.5, 0.6) is 5.75 Å².